The molecular formula is C14H18N4O2. The molecule has 2 saturated heterocycles. The summed E-state index contributed by atoms with van der Waals surface area (Å²) in [6.45, 7) is 5.09. The van der Waals surface area contributed by atoms with E-state index >= 15 is 0 Å². The van der Waals surface area contributed by atoms with Crippen LogP contribution in [-0.2, 0) is 9.47 Å². The van der Waals surface area contributed by atoms with Gasteiger partial charge in [-0.2, -0.15) is 5.26 Å². The fraction of sp³-hybridized carbons (Fsp3) is 0.571. The summed E-state index contributed by atoms with van der Waals surface area (Å²) in [5.74, 6) is 0.830. The van der Waals surface area contributed by atoms with Gasteiger partial charge in [0, 0.05) is 19.6 Å². The quantitative estimate of drug-likeness (QED) is 0.786. The minimum atomic E-state index is -0.320. The van der Waals surface area contributed by atoms with Gasteiger partial charge in [0.1, 0.15) is 23.2 Å². The lowest BCUT2D eigenvalue weighted by molar-refractivity contribution is -0.0913. The first-order valence-corrected chi connectivity index (χ1v) is 6.86. The summed E-state index contributed by atoms with van der Waals surface area (Å²) < 4.78 is 11.6. The average Bonchev–Trinajstić information content (AvgIpc) is 2.73. The van der Waals surface area contributed by atoms with Crippen LogP contribution in [0.1, 0.15) is 5.69 Å². The lowest BCUT2D eigenvalue weighted by Crippen LogP contribution is -2.58. The molecule has 106 valence electrons. The number of pyridine rings is 1. The average molecular weight is 274 g/mol. The van der Waals surface area contributed by atoms with Crippen LogP contribution in [0.25, 0.3) is 0 Å². The number of hydrogen-bond acceptors (Lipinski definition) is 6. The molecule has 0 bridgehead atoms. The summed E-state index contributed by atoms with van der Waals surface area (Å²) in [5.41, 5.74) is 0.122. The Hall–Kier alpha value is -1.68. The van der Waals surface area contributed by atoms with Crippen molar-refractivity contribution in [2.24, 2.45) is 0 Å². The Morgan fingerprint density at radius 2 is 2.35 bits per heavy atom. The Morgan fingerprint density at radius 1 is 1.40 bits per heavy atom. The van der Waals surface area contributed by atoms with Crippen LogP contribution in [0.3, 0.4) is 0 Å². The first-order valence-electron chi connectivity index (χ1n) is 6.86. The molecule has 0 saturated carbocycles. The fourth-order valence-electron chi connectivity index (χ4n) is 2.67. The highest BCUT2D eigenvalue weighted by Crippen LogP contribution is 2.23. The summed E-state index contributed by atoms with van der Waals surface area (Å²) >= 11 is 0. The standard InChI is InChI=1S/C14H18N4O2/c15-8-12-2-1-3-13(17-12)18-5-7-20-14(10-18)9-16-4-6-19-11-14/h1-3,16H,4-7,9-11H2. The van der Waals surface area contributed by atoms with E-state index in [0.717, 1.165) is 32.0 Å². The summed E-state index contributed by atoms with van der Waals surface area (Å²) in [7, 11) is 0. The third-order valence-corrected chi connectivity index (χ3v) is 3.66. The smallest absolute Gasteiger partial charge is 0.142 e. The number of morpholine rings is 1. The zero-order valence-corrected chi connectivity index (χ0v) is 11.3. The third-order valence-electron chi connectivity index (χ3n) is 3.66. The van der Waals surface area contributed by atoms with Crippen molar-refractivity contribution in [1.29, 1.82) is 5.26 Å². The second kappa shape index (κ2) is 5.75. The molecule has 2 fully saturated rings. The Morgan fingerprint density at radius 3 is 3.25 bits per heavy atom. The summed E-state index contributed by atoms with van der Waals surface area (Å²) in [6, 6.07) is 7.60. The Labute approximate surface area is 118 Å². The van der Waals surface area contributed by atoms with Gasteiger partial charge in [-0.15, -0.1) is 0 Å². The van der Waals surface area contributed by atoms with E-state index in [1.54, 1.807) is 6.07 Å². The Balaban J connectivity index is 1.78. The zero-order chi connectivity index (χ0) is 13.8. The Kier molecular flexibility index (Phi) is 3.83. The van der Waals surface area contributed by atoms with E-state index in [9.17, 15) is 0 Å². The van der Waals surface area contributed by atoms with Crippen molar-refractivity contribution in [1.82, 2.24) is 10.3 Å². The molecule has 1 N–H and O–H groups in total. The van der Waals surface area contributed by atoms with E-state index in [-0.39, 0.29) is 5.60 Å². The molecular weight excluding hydrogens is 256 g/mol. The van der Waals surface area contributed by atoms with Gasteiger partial charge in [0.15, 0.2) is 0 Å². The number of rotatable bonds is 1. The molecule has 0 aromatic carbocycles. The maximum atomic E-state index is 8.95. The number of nitrogens with zero attached hydrogens (tertiary/aromatic N) is 3. The molecule has 2 aliphatic rings. The van der Waals surface area contributed by atoms with Gasteiger partial charge in [0.05, 0.1) is 26.4 Å². The molecule has 1 aromatic heterocycles. The second-order valence-corrected chi connectivity index (χ2v) is 5.18. The molecule has 2 aliphatic heterocycles. The van der Waals surface area contributed by atoms with E-state index in [1.165, 1.54) is 0 Å². The summed E-state index contributed by atoms with van der Waals surface area (Å²) in [5, 5.41) is 12.3. The van der Waals surface area contributed by atoms with Crippen LogP contribution in [0.4, 0.5) is 5.82 Å². The van der Waals surface area contributed by atoms with Crippen molar-refractivity contribution in [3.63, 3.8) is 0 Å². The van der Waals surface area contributed by atoms with Crippen LogP contribution in [-0.4, -0.2) is 56.6 Å². The predicted molar refractivity (Wildman–Crippen MR) is 73.5 cm³/mol. The minimum Gasteiger partial charge on any atom is -0.377 e. The number of anilines is 1. The first kappa shape index (κ1) is 13.3. The number of aromatic nitrogens is 1. The minimum absolute atomic E-state index is 0.320. The van der Waals surface area contributed by atoms with Crippen LogP contribution < -0.4 is 10.2 Å². The molecule has 0 radical (unpaired) electrons. The van der Waals surface area contributed by atoms with Crippen molar-refractivity contribution in [2.45, 2.75) is 5.60 Å². The lowest BCUT2D eigenvalue weighted by atomic mass is 10.0. The van der Waals surface area contributed by atoms with Gasteiger partial charge in [-0.05, 0) is 12.1 Å². The third kappa shape index (κ3) is 2.75. The van der Waals surface area contributed by atoms with Gasteiger partial charge < -0.3 is 19.7 Å². The first-order chi connectivity index (χ1) is 9.81. The molecule has 1 unspecified atom stereocenters. The highest BCUT2D eigenvalue weighted by atomic mass is 16.5. The maximum Gasteiger partial charge on any atom is 0.142 e. The number of nitriles is 1. The second-order valence-electron chi connectivity index (χ2n) is 5.18. The van der Waals surface area contributed by atoms with Crippen molar-refractivity contribution in [3.05, 3.63) is 23.9 Å². The van der Waals surface area contributed by atoms with Gasteiger partial charge in [0.2, 0.25) is 0 Å². The molecule has 6 nitrogen and oxygen atoms in total. The van der Waals surface area contributed by atoms with Crippen LogP contribution in [0.5, 0.6) is 0 Å². The van der Waals surface area contributed by atoms with Crippen LogP contribution in [0.2, 0.25) is 0 Å². The van der Waals surface area contributed by atoms with Crippen molar-refractivity contribution < 1.29 is 9.47 Å². The molecule has 6 heteroatoms. The fourth-order valence-corrected chi connectivity index (χ4v) is 2.67. The van der Waals surface area contributed by atoms with E-state index in [4.69, 9.17) is 14.7 Å². The van der Waals surface area contributed by atoms with E-state index in [2.05, 4.69) is 21.3 Å². The molecule has 0 amide bonds. The highest BCUT2D eigenvalue weighted by Gasteiger charge is 2.38. The van der Waals surface area contributed by atoms with Gasteiger partial charge in [-0.25, -0.2) is 4.98 Å². The topological polar surface area (TPSA) is 70.4 Å². The molecule has 1 atom stereocenters. The summed E-state index contributed by atoms with van der Waals surface area (Å²) in [6.07, 6.45) is 0. The van der Waals surface area contributed by atoms with Crippen LogP contribution in [0.15, 0.2) is 18.2 Å². The summed E-state index contributed by atoms with van der Waals surface area (Å²) in [4.78, 5) is 6.53. The maximum absolute atomic E-state index is 8.95. The lowest BCUT2D eigenvalue weighted by Gasteiger charge is -2.42. The molecule has 3 heterocycles. The number of nitrogens with one attached hydrogen (secondary N) is 1. The van der Waals surface area contributed by atoms with Crippen LogP contribution in [0, 0.1) is 11.3 Å². The van der Waals surface area contributed by atoms with E-state index < -0.39 is 0 Å². The monoisotopic (exact) mass is 274 g/mol. The molecule has 1 spiro atoms. The predicted octanol–water partition coefficient (Wildman–Crippen LogP) is 0.148. The van der Waals surface area contributed by atoms with Crippen molar-refractivity contribution in [2.75, 3.05) is 50.9 Å². The van der Waals surface area contributed by atoms with Gasteiger partial charge in [-0.3, -0.25) is 0 Å². The largest absolute Gasteiger partial charge is 0.377 e. The van der Waals surface area contributed by atoms with E-state index in [1.807, 2.05) is 12.1 Å². The molecule has 3 rings (SSSR count). The van der Waals surface area contributed by atoms with Crippen molar-refractivity contribution in [3.8, 4) is 6.07 Å². The van der Waals surface area contributed by atoms with Gasteiger partial charge in [0.25, 0.3) is 0 Å². The zero-order valence-electron chi connectivity index (χ0n) is 11.3. The normalized spacial score (nSPS) is 27.1. The number of hydrogen-bond donors (Lipinski definition) is 1. The molecule has 0 aliphatic carbocycles. The van der Waals surface area contributed by atoms with Gasteiger partial charge in [-0.1, -0.05) is 6.07 Å². The SMILES string of the molecule is N#Cc1cccc(N2CCOC3(CNCCOC3)C2)n1. The Bertz CT molecular complexity index is 506. The number of ether oxygens (including phenoxy) is 2. The highest BCUT2D eigenvalue weighted by molar-refractivity contribution is 5.42. The molecule has 20 heavy (non-hydrogen) atoms. The van der Waals surface area contributed by atoms with Crippen molar-refractivity contribution >= 4 is 5.82 Å². The molecule has 1 aromatic rings. The van der Waals surface area contributed by atoms with Gasteiger partial charge >= 0.3 is 0 Å². The van der Waals surface area contributed by atoms with Crippen LogP contribution >= 0.6 is 0 Å². The van der Waals surface area contributed by atoms with E-state index in [0.29, 0.717) is 25.5 Å².